The number of benzene rings is 1. The highest BCUT2D eigenvalue weighted by molar-refractivity contribution is 7.89. The number of nitrogens with two attached hydrogens (primary N) is 1. The molecule has 0 aliphatic heterocycles. The molecule has 18 heavy (non-hydrogen) atoms. The van der Waals surface area contributed by atoms with Gasteiger partial charge >= 0.3 is 0 Å². The summed E-state index contributed by atoms with van der Waals surface area (Å²) in [6, 6.07) is 5.76. The molecule has 1 aromatic carbocycles. The Morgan fingerprint density at radius 2 is 2.06 bits per heavy atom. The minimum atomic E-state index is -3.72. The fourth-order valence-electron chi connectivity index (χ4n) is 1.40. The normalized spacial score (nSPS) is 13.6. The Morgan fingerprint density at radius 3 is 2.56 bits per heavy atom. The smallest absolute Gasteiger partial charge is 0.243 e. The van der Waals surface area contributed by atoms with Gasteiger partial charge in [-0.3, -0.25) is 0 Å². The van der Waals surface area contributed by atoms with E-state index in [9.17, 15) is 8.42 Å². The summed E-state index contributed by atoms with van der Waals surface area (Å²) in [5.74, 6) is 0. The second-order valence-electron chi connectivity index (χ2n) is 3.91. The van der Waals surface area contributed by atoms with Crippen molar-refractivity contribution in [3.8, 4) is 0 Å². The van der Waals surface area contributed by atoms with E-state index in [1.54, 1.807) is 25.1 Å². The number of thiocarbonyl (C=S) groups is 1. The molecule has 0 aliphatic rings. The number of nitrogens with zero attached hydrogens (tertiary/aromatic N) is 1. The third-order valence-corrected chi connectivity index (χ3v) is 4.94. The van der Waals surface area contributed by atoms with Crippen LogP contribution >= 0.6 is 12.2 Å². The van der Waals surface area contributed by atoms with Gasteiger partial charge in [-0.05, 0) is 13.0 Å². The SMILES string of the molecule is CC(CO)N(C)S(=O)(=O)c1ccccc1C(N)=S. The summed E-state index contributed by atoms with van der Waals surface area (Å²) < 4.78 is 25.8. The third-order valence-electron chi connectivity index (χ3n) is 2.69. The first-order chi connectivity index (χ1) is 8.32. The highest BCUT2D eigenvalue weighted by Gasteiger charge is 2.27. The Labute approximate surface area is 112 Å². The van der Waals surface area contributed by atoms with E-state index in [4.69, 9.17) is 23.1 Å². The van der Waals surface area contributed by atoms with Crippen LogP contribution in [0.4, 0.5) is 0 Å². The van der Waals surface area contributed by atoms with Crippen LogP contribution in [0.2, 0.25) is 0 Å². The van der Waals surface area contributed by atoms with Crippen LogP contribution in [0.25, 0.3) is 0 Å². The Balaban J connectivity index is 3.33. The maximum atomic E-state index is 12.4. The van der Waals surface area contributed by atoms with Crippen LogP contribution in [-0.4, -0.2) is 42.5 Å². The Bertz CT molecular complexity index is 543. The molecule has 5 nitrogen and oxygen atoms in total. The van der Waals surface area contributed by atoms with E-state index in [0.717, 1.165) is 4.31 Å². The number of hydrogen-bond donors (Lipinski definition) is 2. The number of aliphatic hydroxyl groups excluding tert-OH is 1. The molecule has 0 saturated carbocycles. The lowest BCUT2D eigenvalue weighted by Gasteiger charge is -2.23. The maximum Gasteiger partial charge on any atom is 0.243 e. The topological polar surface area (TPSA) is 83.6 Å². The Kier molecular flexibility index (Phi) is 4.80. The molecule has 1 aromatic rings. The van der Waals surface area contributed by atoms with Crippen LogP contribution < -0.4 is 5.73 Å². The summed E-state index contributed by atoms with van der Waals surface area (Å²) in [4.78, 5) is 0.0829. The zero-order valence-electron chi connectivity index (χ0n) is 10.2. The average molecular weight is 288 g/mol. The predicted molar refractivity (Wildman–Crippen MR) is 73.8 cm³/mol. The fraction of sp³-hybridized carbons (Fsp3) is 0.364. The van der Waals surface area contributed by atoms with E-state index in [-0.39, 0.29) is 16.5 Å². The highest BCUT2D eigenvalue weighted by atomic mass is 32.2. The second-order valence-corrected chi connectivity index (χ2v) is 6.32. The van der Waals surface area contributed by atoms with Crippen molar-refractivity contribution in [3.63, 3.8) is 0 Å². The van der Waals surface area contributed by atoms with E-state index >= 15 is 0 Å². The number of hydrogen-bond acceptors (Lipinski definition) is 4. The van der Waals surface area contributed by atoms with Gasteiger partial charge < -0.3 is 10.8 Å². The van der Waals surface area contributed by atoms with Gasteiger partial charge in [0.05, 0.1) is 11.5 Å². The van der Waals surface area contributed by atoms with Crippen LogP contribution in [0, 0.1) is 0 Å². The van der Waals surface area contributed by atoms with Crippen molar-refractivity contribution >= 4 is 27.2 Å². The molecule has 0 aliphatic carbocycles. The molecule has 0 amide bonds. The molecule has 0 aromatic heterocycles. The van der Waals surface area contributed by atoms with Crippen molar-refractivity contribution in [2.75, 3.05) is 13.7 Å². The summed E-state index contributed by atoms with van der Waals surface area (Å²) in [6.45, 7) is 1.35. The van der Waals surface area contributed by atoms with Crippen molar-refractivity contribution in [1.82, 2.24) is 4.31 Å². The zero-order valence-corrected chi connectivity index (χ0v) is 11.8. The Morgan fingerprint density at radius 1 is 1.50 bits per heavy atom. The van der Waals surface area contributed by atoms with Crippen LogP contribution in [0.15, 0.2) is 29.2 Å². The van der Waals surface area contributed by atoms with Gasteiger partial charge in [-0.25, -0.2) is 8.42 Å². The molecule has 7 heteroatoms. The van der Waals surface area contributed by atoms with Gasteiger partial charge in [-0.15, -0.1) is 0 Å². The van der Waals surface area contributed by atoms with Gasteiger partial charge in [0.2, 0.25) is 10.0 Å². The number of sulfonamides is 1. The Hall–Kier alpha value is -1.02. The van der Waals surface area contributed by atoms with Gasteiger partial charge in [-0.1, -0.05) is 30.4 Å². The standard InChI is InChI=1S/C11H16N2O3S2/c1-8(7-14)13(2)18(15,16)10-6-4-3-5-9(10)11(12)17/h3-6,8,14H,7H2,1-2H3,(H2,12,17). The number of likely N-dealkylation sites (N-methyl/N-ethyl adjacent to an activating group) is 1. The lowest BCUT2D eigenvalue weighted by atomic mass is 10.2. The van der Waals surface area contributed by atoms with Crippen molar-refractivity contribution in [3.05, 3.63) is 29.8 Å². The lowest BCUT2D eigenvalue weighted by Crippen LogP contribution is -2.38. The second kappa shape index (κ2) is 5.75. The van der Waals surface area contributed by atoms with Crippen molar-refractivity contribution in [2.24, 2.45) is 5.73 Å². The van der Waals surface area contributed by atoms with E-state index in [2.05, 4.69) is 0 Å². The number of rotatable bonds is 5. The maximum absolute atomic E-state index is 12.4. The van der Waals surface area contributed by atoms with Gasteiger partial charge in [0, 0.05) is 18.7 Å². The monoisotopic (exact) mass is 288 g/mol. The quantitative estimate of drug-likeness (QED) is 0.763. The van der Waals surface area contributed by atoms with Crippen molar-refractivity contribution in [1.29, 1.82) is 0 Å². The molecule has 0 heterocycles. The van der Waals surface area contributed by atoms with Crippen LogP contribution in [-0.2, 0) is 10.0 Å². The molecule has 0 radical (unpaired) electrons. The molecule has 1 rings (SSSR count). The first-order valence-electron chi connectivity index (χ1n) is 5.30. The van der Waals surface area contributed by atoms with Gasteiger partial charge in [0.25, 0.3) is 0 Å². The average Bonchev–Trinajstić information content (AvgIpc) is 2.36. The van der Waals surface area contributed by atoms with Crippen LogP contribution in [0.5, 0.6) is 0 Å². The molecule has 1 unspecified atom stereocenters. The highest BCUT2D eigenvalue weighted by Crippen LogP contribution is 2.20. The van der Waals surface area contributed by atoms with Crippen LogP contribution in [0.3, 0.4) is 0 Å². The molecule has 1 atom stereocenters. The van der Waals surface area contributed by atoms with Gasteiger partial charge in [0.1, 0.15) is 4.99 Å². The van der Waals surface area contributed by atoms with Gasteiger partial charge in [-0.2, -0.15) is 4.31 Å². The molecule has 0 bridgehead atoms. The minimum Gasteiger partial charge on any atom is -0.395 e. The molecule has 0 spiro atoms. The predicted octanol–water partition coefficient (Wildman–Crippen LogP) is 0.322. The lowest BCUT2D eigenvalue weighted by molar-refractivity contribution is 0.214. The summed E-state index contributed by atoms with van der Waals surface area (Å²) in [5.41, 5.74) is 5.83. The zero-order chi connectivity index (χ0) is 13.9. The first-order valence-corrected chi connectivity index (χ1v) is 7.15. The van der Waals surface area contributed by atoms with E-state index in [1.807, 2.05) is 0 Å². The summed E-state index contributed by atoms with van der Waals surface area (Å²) >= 11 is 4.84. The van der Waals surface area contributed by atoms with E-state index in [0.29, 0.717) is 5.56 Å². The third kappa shape index (κ3) is 2.86. The number of aliphatic hydroxyl groups is 1. The molecular formula is C11H16N2O3S2. The largest absolute Gasteiger partial charge is 0.395 e. The fourth-order valence-corrected chi connectivity index (χ4v) is 3.20. The molecule has 0 fully saturated rings. The molecular weight excluding hydrogens is 272 g/mol. The molecule has 100 valence electrons. The minimum absolute atomic E-state index is 0.0271. The molecule has 0 saturated heterocycles. The summed E-state index contributed by atoms with van der Waals surface area (Å²) in [6.07, 6.45) is 0. The van der Waals surface area contributed by atoms with E-state index in [1.165, 1.54) is 13.1 Å². The van der Waals surface area contributed by atoms with Gasteiger partial charge in [0.15, 0.2) is 0 Å². The molecule has 3 N–H and O–H groups in total. The van der Waals surface area contributed by atoms with E-state index < -0.39 is 16.1 Å². The van der Waals surface area contributed by atoms with Crippen LogP contribution in [0.1, 0.15) is 12.5 Å². The van der Waals surface area contributed by atoms with Crippen molar-refractivity contribution < 1.29 is 13.5 Å². The summed E-state index contributed by atoms with van der Waals surface area (Å²) in [5, 5.41) is 9.04. The first kappa shape index (κ1) is 15.0. The summed E-state index contributed by atoms with van der Waals surface area (Å²) in [7, 11) is -2.31. The van der Waals surface area contributed by atoms with Crippen molar-refractivity contribution in [2.45, 2.75) is 17.9 Å².